The Morgan fingerprint density at radius 2 is 0.822 bits per heavy atom. The first kappa shape index (κ1) is 25.4. The first-order valence-corrected chi connectivity index (χ1v) is 15.0. The van der Waals surface area contributed by atoms with Gasteiger partial charge in [0.2, 0.25) is 0 Å². The van der Waals surface area contributed by atoms with E-state index in [-0.39, 0.29) is 0 Å². The van der Waals surface area contributed by atoms with Crippen LogP contribution < -0.4 is 0 Å². The second kappa shape index (κ2) is 10.2. The Bertz CT molecular complexity index is 2480. The van der Waals surface area contributed by atoms with Crippen LogP contribution in [0.2, 0.25) is 0 Å². The zero-order valence-corrected chi connectivity index (χ0v) is 24.2. The third-order valence-corrected chi connectivity index (χ3v) is 8.51. The lowest BCUT2D eigenvalue weighted by atomic mass is 9.93. The minimum absolute atomic E-state index is 0.605. The number of furan rings is 1. The Balaban J connectivity index is 1.18. The molecule has 45 heavy (non-hydrogen) atoms. The predicted octanol–water partition coefficient (Wildman–Crippen LogP) is 10.7. The summed E-state index contributed by atoms with van der Waals surface area (Å²) in [4.78, 5) is 14.6. The van der Waals surface area contributed by atoms with E-state index in [2.05, 4.69) is 84.9 Å². The molecule has 0 saturated carbocycles. The number of hydrogen-bond donors (Lipinski definition) is 0. The van der Waals surface area contributed by atoms with Crippen LogP contribution in [0.5, 0.6) is 0 Å². The highest BCUT2D eigenvalue weighted by molar-refractivity contribution is 6.14. The normalized spacial score (nSPS) is 11.6. The van der Waals surface area contributed by atoms with Crippen molar-refractivity contribution < 1.29 is 4.42 Å². The lowest BCUT2D eigenvalue weighted by Crippen LogP contribution is -2.00. The predicted molar refractivity (Wildman–Crippen MR) is 184 cm³/mol. The molecule has 2 aromatic heterocycles. The van der Waals surface area contributed by atoms with Crippen LogP contribution in [0.15, 0.2) is 156 Å². The van der Waals surface area contributed by atoms with Crippen molar-refractivity contribution >= 4 is 43.5 Å². The third-order valence-electron chi connectivity index (χ3n) is 8.51. The van der Waals surface area contributed by atoms with E-state index < -0.39 is 0 Å². The van der Waals surface area contributed by atoms with Gasteiger partial charge >= 0.3 is 0 Å². The fourth-order valence-corrected chi connectivity index (χ4v) is 6.31. The summed E-state index contributed by atoms with van der Waals surface area (Å²) in [7, 11) is 0. The van der Waals surface area contributed by atoms with E-state index in [1.54, 1.807) is 0 Å². The van der Waals surface area contributed by atoms with Gasteiger partial charge in [-0.05, 0) is 63.0 Å². The smallest absolute Gasteiger partial charge is 0.164 e. The van der Waals surface area contributed by atoms with Crippen LogP contribution >= 0.6 is 0 Å². The van der Waals surface area contributed by atoms with Gasteiger partial charge in [0.1, 0.15) is 11.2 Å². The van der Waals surface area contributed by atoms with Gasteiger partial charge in [-0.3, -0.25) is 0 Å². The number of benzene rings is 7. The highest BCUT2D eigenvalue weighted by Gasteiger charge is 2.16. The molecule has 0 aliphatic carbocycles. The minimum Gasteiger partial charge on any atom is -0.456 e. The third kappa shape index (κ3) is 4.35. The van der Waals surface area contributed by atoms with Gasteiger partial charge in [0.25, 0.3) is 0 Å². The molecule has 0 N–H and O–H groups in total. The van der Waals surface area contributed by atoms with E-state index >= 15 is 0 Å². The van der Waals surface area contributed by atoms with Gasteiger partial charge in [0.05, 0.1) is 0 Å². The van der Waals surface area contributed by atoms with Crippen molar-refractivity contribution in [3.8, 4) is 45.3 Å². The average molecular weight is 576 g/mol. The van der Waals surface area contributed by atoms with E-state index in [9.17, 15) is 0 Å². The monoisotopic (exact) mass is 575 g/mol. The van der Waals surface area contributed by atoms with Crippen molar-refractivity contribution in [3.63, 3.8) is 0 Å². The fraction of sp³-hybridized carbons (Fsp3) is 0. The molecule has 0 radical (unpaired) electrons. The first-order valence-electron chi connectivity index (χ1n) is 15.0. The Labute approximate surface area is 259 Å². The molecule has 2 heterocycles. The van der Waals surface area contributed by atoms with Gasteiger partial charge in [-0.25, -0.2) is 15.0 Å². The Morgan fingerprint density at radius 3 is 1.47 bits per heavy atom. The Hall–Kier alpha value is -6.13. The van der Waals surface area contributed by atoms with Crippen molar-refractivity contribution in [2.75, 3.05) is 0 Å². The summed E-state index contributed by atoms with van der Waals surface area (Å²) < 4.78 is 6.53. The second-order valence-electron chi connectivity index (χ2n) is 11.3. The highest BCUT2D eigenvalue weighted by atomic mass is 16.3. The quantitative estimate of drug-likeness (QED) is 0.196. The lowest BCUT2D eigenvalue weighted by molar-refractivity contribution is 0.669. The summed E-state index contributed by atoms with van der Waals surface area (Å²) in [5, 5.41) is 7.11. The molecule has 0 aliphatic rings. The van der Waals surface area contributed by atoms with Crippen molar-refractivity contribution in [1.29, 1.82) is 0 Å². The largest absolute Gasteiger partial charge is 0.456 e. The molecule has 4 nitrogen and oxygen atoms in total. The summed E-state index contributed by atoms with van der Waals surface area (Å²) in [5.41, 5.74) is 6.72. The molecule has 210 valence electrons. The molecular weight excluding hydrogens is 550 g/mol. The maximum Gasteiger partial charge on any atom is 0.164 e. The average Bonchev–Trinajstić information content (AvgIpc) is 3.49. The van der Waals surface area contributed by atoms with E-state index in [1.165, 1.54) is 27.1 Å². The maximum atomic E-state index is 6.53. The van der Waals surface area contributed by atoms with Crippen molar-refractivity contribution in [1.82, 2.24) is 15.0 Å². The molecule has 0 fully saturated rings. The molecule has 0 aliphatic heterocycles. The zero-order chi connectivity index (χ0) is 29.7. The molecule has 0 spiro atoms. The zero-order valence-electron chi connectivity index (χ0n) is 24.2. The second-order valence-corrected chi connectivity index (χ2v) is 11.3. The topological polar surface area (TPSA) is 51.8 Å². The summed E-state index contributed by atoms with van der Waals surface area (Å²) in [6.45, 7) is 0. The molecule has 9 aromatic rings. The fourth-order valence-electron chi connectivity index (χ4n) is 6.31. The van der Waals surface area contributed by atoms with E-state index in [4.69, 9.17) is 19.4 Å². The highest BCUT2D eigenvalue weighted by Crippen LogP contribution is 2.38. The van der Waals surface area contributed by atoms with Crippen molar-refractivity contribution in [3.05, 3.63) is 152 Å². The van der Waals surface area contributed by atoms with Crippen LogP contribution in [-0.2, 0) is 0 Å². The van der Waals surface area contributed by atoms with Gasteiger partial charge in [-0.1, -0.05) is 121 Å². The minimum atomic E-state index is 0.605. The Kier molecular flexibility index (Phi) is 5.78. The van der Waals surface area contributed by atoms with Crippen LogP contribution in [0.25, 0.3) is 88.8 Å². The molecule has 0 unspecified atom stereocenters. The molecular formula is C41H25N3O. The summed E-state index contributed by atoms with van der Waals surface area (Å²) in [5.74, 6) is 1.88. The molecule has 0 amide bonds. The number of nitrogens with zero attached hydrogens (tertiary/aromatic N) is 3. The van der Waals surface area contributed by atoms with E-state index in [0.29, 0.717) is 17.5 Å². The molecule has 0 saturated heterocycles. The summed E-state index contributed by atoms with van der Waals surface area (Å²) >= 11 is 0. The number of hydrogen-bond acceptors (Lipinski definition) is 4. The molecule has 4 heteroatoms. The van der Waals surface area contributed by atoms with Crippen LogP contribution in [0.4, 0.5) is 0 Å². The molecule has 0 bridgehead atoms. The molecule has 9 rings (SSSR count). The van der Waals surface area contributed by atoms with Gasteiger partial charge < -0.3 is 4.42 Å². The van der Waals surface area contributed by atoms with Gasteiger partial charge in [-0.15, -0.1) is 0 Å². The van der Waals surface area contributed by atoms with Gasteiger partial charge in [0, 0.05) is 27.5 Å². The molecule has 0 atom stereocenters. The summed E-state index contributed by atoms with van der Waals surface area (Å²) in [6, 6.07) is 52.3. The number of aromatic nitrogens is 3. The van der Waals surface area contributed by atoms with Crippen LogP contribution in [0.3, 0.4) is 0 Å². The summed E-state index contributed by atoms with van der Waals surface area (Å²) in [6.07, 6.45) is 0. The van der Waals surface area contributed by atoms with Crippen LogP contribution in [0, 0.1) is 0 Å². The van der Waals surface area contributed by atoms with Gasteiger partial charge in [0.15, 0.2) is 17.5 Å². The van der Waals surface area contributed by atoms with Crippen molar-refractivity contribution in [2.24, 2.45) is 0 Å². The maximum absolute atomic E-state index is 6.53. The van der Waals surface area contributed by atoms with E-state index in [1.807, 2.05) is 66.7 Å². The first-order chi connectivity index (χ1) is 22.3. The van der Waals surface area contributed by atoms with Crippen LogP contribution in [-0.4, -0.2) is 15.0 Å². The van der Waals surface area contributed by atoms with Gasteiger partial charge in [-0.2, -0.15) is 0 Å². The standard InChI is InChI=1S/C41H25N3O/c1-3-11-26(12-4-1)39-42-40(27-13-5-2-6-14-27)44-41(43-39)30-20-22-35-34-21-19-29(24-37(34)45-38(35)25-30)36-23-28-15-7-8-16-31(28)32-17-9-10-18-33(32)36/h1-25H. The van der Waals surface area contributed by atoms with E-state index in [0.717, 1.165) is 44.2 Å². The molecule has 7 aromatic carbocycles. The number of rotatable bonds is 4. The lowest BCUT2D eigenvalue weighted by Gasteiger charge is -2.11. The Morgan fingerprint density at radius 1 is 0.333 bits per heavy atom. The van der Waals surface area contributed by atoms with Crippen LogP contribution in [0.1, 0.15) is 0 Å². The SMILES string of the molecule is c1ccc(-c2nc(-c3ccccc3)nc(-c3ccc4c(c3)oc3cc(-c5cc6ccccc6c6ccccc56)ccc34)n2)cc1. The number of fused-ring (bicyclic) bond motifs is 6. The van der Waals surface area contributed by atoms with Crippen molar-refractivity contribution in [2.45, 2.75) is 0 Å².